The number of fused-ring (bicyclic) bond motifs is 9. The Bertz CT molecular complexity index is 3180. The Labute approximate surface area is 314 Å². The van der Waals surface area contributed by atoms with Gasteiger partial charge in [0.1, 0.15) is 0 Å². The van der Waals surface area contributed by atoms with Gasteiger partial charge in [0.15, 0.2) is 0 Å². The second kappa shape index (κ2) is 12.7. The van der Waals surface area contributed by atoms with Gasteiger partial charge < -0.3 is 13.7 Å². The highest BCUT2D eigenvalue weighted by molar-refractivity contribution is 6.18. The summed E-state index contributed by atoms with van der Waals surface area (Å²) in [5.41, 5.74) is 14.5. The molecule has 0 radical (unpaired) electrons. The summed E-state index contributed by atoms with van der Waals surface area (Å²) in [5.74, 6) is 0. The Morgan fingerprint density at radius 3 is 1.52 bits per heavy atom. The van der Waals surface area contributed by atoms with E-state index in [0.29, 0.717) is 0 Å². The second-order valence-electron chi connectivity index (χ2n) is 13.8. The van der Waals surface area contributed by atoms with Crippen molar-refractivity contribution in [2.45, 2.75) is 13.8 Å². The fourth-order valence-electron chi connectivity index (χ4n) is 8.68. The van der Waals surface area contributed by atoms with Gasteiger partial charge in [0.25, 0.3) is 0 Å². The van der Waals surface area contributed by atoms with Crippen LogP contribution in [0.15, 0.2) is 182 Å². The van der Waals surface area contributed by atoms with Crippen LogP contribution in [0.3, 0.4) is 0 Å². The molecule has 11 aromatic rings. The van der Waals surface area contributed by atoms with Crippen LogP contribution in [0.2, 0.25) is 0 Å². The van der Waals surface area contributed by atoms with Crippen molar-refractivity contribution in [2.75, 3.05) is 0 Å². The Balaban J connectivity index is 0.00000178. The van der Waals surface area contributed by atoms with Crippen molar-refractivity contribution < 1.29 is 0 Å². The lowest BCUT2D eigenvalue weighted by atomic mass is 9.96. The number of hydrogen-bond acceptors (Lipinski definition) is 0. The lowest BCUT2D eigenvalue weighted by Crippen LogP contribution is -1.94. The van der Waals surface area contributed by atoms with Gasteiger partial charge in [-0.3, -0.25) is 0 Å². The predicted octanol–water partition coefficient (Wildman–Crippen LogP) is 13.9. The fraction of sp³-hybridized carbons (Fsp3) is 0.0588. The molecule has 0 aliphatic heterocycles. The van der Waals surface area contributed by atoms with Gasteiger partial charge >= 0.3 is 0 Å². The summed E-state index contributed by atoms with van der Waals surface area (Å²) in [6.45, 7) is 4.00. The zero-order valence-electron chi connectivity index (χ0n) is 30.7. The van der Waals surface area contributed by atoms with E-state index in [1.54, 1.807) is 0 Å². The first-order valence-electron chi connectivity index (χ1n) is 18.9. The molecule has 11 rings (SSSR count). The third-order valence-corrected chi connectivity index (χ3v) is 11.1. The molecule has 0 aliphatic carbocycles. The molecule has 0 N–H and O–H groups in total. The number of aryl methyl sites for hydroxylation is 1. The topological polar surface area (TPSA) is 14.8 Å². The van der Waals surface area contributed by atoms with Crippen molar-refractivity contribution in [1.29, 1.82) is 0 Å². The molecule has 3 nitrogen and oxygen atoms in total. The maximum Gasteiger partial charge on any atom is 0.0547 e. The number of para-hydroxylation sites is 4. The summed E-state index contributed by atoms with van der Waals surface area (Å²) in [7, 11) is 2.17. The van der Waals surface area contributed by atoms with Gasteiger partial charge in [0, 0.05) is 61.8 Å². The van der Waals surface area contributed by atoms with Crippen LogP contribution >= 0.6 is 0 Å². The minimum absolute atomic E-state index is 1.16. The normalized spacial score (nSPS) is 11.6. The zero-order valence-corrected chi connectivity index (χ0v) is 30.7. The first-order valence-corrected chi connectivity index (χ1v) is 18.9. The maximum atomic E-state index is 2.42. The second-order valence-corrected chi connectivity index (χ2v) is 13.8. The fourth-order valence-corrected chi connectivity index (χ4v) is 8.68. The van der Waals surface area contributed by atoms with Crippen LogP contribution < -0.4 is 0 Å². The average molecular weight is 694 g/mol. The number of hydrogen-bond donors (Lipinski definition) is 0. The van der Waals surface area contributed by atoms with Gasteiger partial charge in [-0.1, -0.05) is 129 Å². The molecule has 0 saturated carbocycles. The van der Waals surface area contributed by atoms with Crippen LogP contribution in [-0.4, -0.2) is 13.7 Å². The third kappa shape index (κ3) is 4.75. The summed E-state index contributed by atoms with van der Waals surface area (Å²) in [6.07, 6.45) is 0. The van der Waals surface area contributed by atoms with Gasteiger partial charge in [-0.15, -0.1) is 0 Å². The van der Waals surface area contributed by atoms with Crippen molar-refractivity contribution in [3.63, 3.8) is 0 Å². The Morgan fingerprint density at radius 2 is 0.796 bits per heavy atom. The minimum atomic E-state index is 1.16. The summed E-state index contributed by atoms with van der Waals surface area (Å²) in [5, 5.41) is 7.60. The van der Waals surface area contributed by atoms with Crippen LogP contribution in [0.4, 0.5) is 0 Å². The minimum Gasteiger partial charge on any atom is -0.344 e. The SMILES string of the molecule is CC.Cn1c2ccccc2c2ccc(-c3ccc4c(c3)c3c(-c5ccc6c7ccccc7n(-c7ccccc7)c6c5)cccc3n4-c3ccccc3)cc21. The van der Waals surface area contributed by atoms with Gasteiger partial charge in [0.2, 0.25) is 0 Å². The van der Waals surface area contributed by atoms with Gasteiger partial charge in [-0.2, -0.15) is 0 Å². The van der Waals surface area contributed by atoms with Crippen LogP contribution in [0.1, 0.15) is 13.8 Å². The van der Waals surface area contributed by atoms with E-state index >= 15 is 0 Å². The van der Waals surface area contributed by atoms with E-state index < -0.39 is 0 Å². The number of nitrogens with zero attached hydrogens (tertiary/aromatic N) is 3. The number of rotatable bonds is 4. The quantitative estimate of drug-likeness (QED) is 0.174. The van der Waals surface area contributed by atoms with E-state index in [-0.39, 0.29) is 0 Å². The summed E-state index contributed by atoms with van der Waals surface area (Å²) < 4.78 is 7.14. The van der Waals surface area contributed by atoms with Gasteiger partial charge in [0.05, 0.1) is 22.1 Å². The third-order valence-electron chi connectivity index (χ3n) is 11.1. The van der Waals surface area contributed by atoms with Crippen LogP contribution in [0.5, 0.6) is 0 Å². The number of aromatic nitrogens is 3. The summed E-state index contributed by atoms with van der Waals surface area (Å²) >= 11 is 0. The summed E-state index contributed by atoms with van der Waals surface area (Å²) in [4.78, 5) is 0. The first-order chi connectivity index (χ1) is 26.7. The van der Waals surface area contributed by atoms with Crippen molar-refractivity contribution in [2.24, 2.45) is 7.05 Å². The maximum absolute atomic E-state index is 2.42. The van der Waals surface area contributed by atoms with Gasteiger partial charge in [-0.05, 0) is 89.0 Å². The molecule has 3 aromatic heterocycles. The highest BCUT2D eigenvalue weighted by Gasteiger charge is 2.19. The molecular weight excluding hydrogens is 655 g/mol. The van der Waals surface area contributed by atoms with E-state index in [1.807, 2.05) is 13.8 Å². The van der Waals surface area contributed by atoms with E-state index in [2.05, 4.69) is 203 Å². The largest absolute Gasteiger partial charge is 0.344 e. The van der Waals surface area contributed by atoms with E-state index in [0.717, 1.165) is 11.4 Å². The highest BCUT2D eigenvalue weighted by Crippen LogP contribution is 2.42. The molecule has 0 fully saturated rings. The molecule has 3 heteroatoms. The molecule has 258 valence electrons. The standard InChI is InChI=1S/C49H33N3.C2H6/c1-50-43-20-10-8-17-38(43)40-26-23-33(30-47(40)50)32-25-28-45-42(29-32)49-37(19-12-22-46(49)51(45)35-13-4-2-5-14-35)34-24-27-41-39-18-9-11-21-44(39)52(48(41)31-34)36-15-6-3-7-16-36;1-2/h2-31H,1H3;1-2H3. The molecule has 0 unspecified atom stereocenters. The molecule has 54 heavy (non-hydrogen) atoms. The van der Waals surface area contributed by atoms with Gasteiger partial charge in [-0.25, -0.2) is 0 Å². The van der Waals surface area contributed by atoms with Crippen molar-refractivity contribution in [3.8, 4) is 33.6 Å². The van der Waals surface area contributed by atoms with E-state index in [4.69, 9.17) is 0 Å². The molecule has 0 saturated heterocycles. The first kappa shape index (κ1) is 31.9. The van der Waals surface area contributed by atoms with Crippen LogP contribution in [-0.2, 0) is 7.05 Å². The lowest BCUT2D eigenvalue weighted by molar-refractivity contribution is 1.01. The van der Waals surface area contributed by atoms with Crippen molar-refractivity contribution in [3.05, 3.63) is 182 Å². The Hall–Kier alpha value is -6.84. The molecule has 0 spiro atoms. The Kier molecular flexibility index (Phi) is 7.48. The van der Waals surface area contributed by atoms with Crippen molar-refractivity contribution in [1.82, 2.24) is 13.7 Å². The highest BCUT2D eigenvalue weighted by atomic mass is 15.0. The molecule has 0 bridgehead atoms. The number of benzene rings is 8. The predicted molar refractivity (Wildman–Crippen MR) is 231 cm³/mol. The smallest absolute Gasteiger partial charge is 0.0547 e. The summed E-state index contributed by atoms with van der Waals surface area (Å²) in [6, 6.07) is 66.6. The molecule has 0 aliphatic rings. The van der Waals surface area contributed by atoms with Crippen molar-refractivity contribution >= 4 is 65.4 Å². The van der Waals surface area contributed by atoms with E-state index in [1.165, 1.54) is 87.7 Å². The van der Waals surface area contributed by atoms with E-state index in [9.17, 15) is 0 Å². The molecule has 0 atom stereocenters. The van der Waals surface area contributed by atoms with Crippen LogP contribution in [0, 0.1) is 0 Å². The lowest BCUT2D eigenvalue weighted by Gasteiger charge is -2.10. The monoisotopic (exact) mass is 693 g/mol. The molecule has 8 aromatic carbocycles. The molecule has 0 amide bonds. The Morgan fingerprint density at radius 1 is 0.315 bits per heavy atom. The molecule has 3 heterocycles. The average Bonchev–Trinajstić information content (AvgIpc) is 3.86. The zero-order chi connectivity index (χ0) is 36.3. The molecular formula is C51H39N3. The van der Waals surface area contributed by atoms with Crippen LogP contribution in [0.25, 0.3) is 99.0 Å².